The highest BCUT2D eigenvalue weighted by atomic mass is 35.5. The van der Waals surface area contributed by atoms with Crippen LogP contribution in [0.25, 0.3) is 11.0 Å². The van der Waals surface area contributed by atoms with E-state index >= 15 is 0 Å². The first-order valence-electron chi connectivity index (χ1n) is 8.99. The SMILES string of the molecule is O=C(O)N1CCO[C@@H](c2ccc(Cl)c(F)c2)[C@H](Cc2nc3ccccc3[nH]2)C1. The highest BCUT2D eigenvalue weighted by Crippen LogP contribution is 2.33. The standard InChI is InChI=1S/C20H19ClFN3O3/c21-14-6-5-12(9-15(14)22)19-13(11-25(20(26)27)7-8-28-19)10-18-23-16-3-1-2-4-17(16)24-18/h1-6,9,13,19H,7-8,10-11H2,(H,23,24)(H,26,27)/t13-,19+/m1/s1. The van der Waals surface area contributed by atoms with E-state index in [2.05, 4.69) is 9.97 Å². The second-order valence-electron chi connectivity index (χ2n) is 6.86. The number of nitrogens with one attached hydrogen (secondary N) is 1. The Morgan fingerprint density at radius 3 is 2.93 bits per heavy atom. The highest BCUT2D eigenvalue weighted by Gasteiger charge is 2.32. The smallest absolute Gasteiger partial charge is 0.407 e. The Kier molecular flexibility index (Phi) is 5.19. The number of hydrogen-bond acceptors (Lipinski definition) is 3. The van der Waals surface area contributed by atoms with Gasteiger partial charge in [-0.05, 0) is 29.8 Å². The highest BCUT2D eigenvalue weighted by molar-refractivity contribution is 6.30. The number of H-pyrrole nitrogens is 1. The number of nitrogens with zero attached hydrogens (tertiary/aromatic N) is 2. The summed E-state index contributed by atoms with van der Waals surface area (Å²) >= 11 is 5.81. The zero-order chi connectivity index (χ0) is 19.7. The average Bonchev–Trinajstić information content (AvgIpc) is 2.96. The normalized spacial score (nSPS) is 20.3. The molecule has 1 aliphatic heterocycles. The van der Waals surface area contributed by atoms with Crippen LogP contribution in [0, 0.1) is 11.7 Å². The van der Waals surface area contributed by atoms with Crippen molar-refractivity contribution in [3.63, 3.8) is 0 Å². The van der Waals surface area contributed by atoms with Crippen molar-refractivity contribution >= 4 is 28.7 Å². The van der Waals surface area contributed by atoms with Gasteiger partial charge < -0.3 is 19.7 Å². The fourth-order valence-electron chi connectivity index (χ4n) is 3.65. The van der Waals surface area contributed by atoms with Crippen molar-refractivity contribution in [2.75, 3.05) is 19.7 Å². The van der Waals surface area contributed by atoms with Gasteiger partial charge in [0.25, 0.3) is 0 Å². The third-order valence-corrected chi connectivity index (χ3v) is 5.28. The Labute approximate surface area is 165 Å². The number of amides is 1. The van der Waals surface area contributed by atoms with Crippen LogP contribution >= 0.6 is 11.6 Å². The molecule has 2 aromatic carbocycles. The van der Waals surface area contributed by atoms with Gasteiger partial charge in [0.05, 0.1) is 28.8 Å². The minimum atomic E-state index is -0.999. The maximum absolute atomic E-state index is 14.0. The van der Waals surface area contributed by atoms with E-state index in [-0.39, 0.29) is 30.6 Å². The van der Waals surface area contributed by atoms with Gasteiger partial charge in [-0.15, -0.1) is 0 Å². The van der Waals surface area contributed by atoms with E-state index in [1.165, 1.54) is 17.0 Å². The molecule has 0 unspecified atom stereocenters. The van der Waals surface area contributed by atoms with Gasteiger partial charge in [-0.2, -0.15) is 0 Å². The fourth-order valence-corrected chi connectivity index (χ4v) is 3.77. The molecule has 2 heterocycles. The molecule has 28 heavy (non-hydrogen) atoms. The van der Waals surface area contributed by atoms with Gasteiger partial charge in [0.2, 0.25) is 0 Å². The van der Waals surface area contributed by atoms with Crippen LogP contribution in [0.5, 0.6) is 0 Å². The first-order chi connectivity index (χ1) is 13.5. The van der Waals surface area contributed by atoms with E-state index in [9.17, 15) is 14.3 Å². The Morgan fingerprint density at radius 1 is 1.36 bits per heavy atom. The van der Waals surface area contributed by atoms with Crippen LogP contribution in [-0.2, 0) is 11.2 Å². The zero-order valence-corrected chi connectivity index (χ0v) is 15.7. The first-order valence-corrected chi connectivity index (χ1v) is 9.37. The van der Waals surface area contributed by atoms with Gasteiger partial charge in [-0.1, -0.05) is 29.8 Å². The molecule has 0 radical (unpaired) electrons. The number of carboxylic acid groups (broad SMARTS) is 1. The molecule has 1 aliphatic rings. The van der Waals surface area contributed by atoms with Crippen molar-refractivity contribution in [1.29, 1.82) is 0 Å². The van der Waals surface area contributed by atoms with Crippen LogP contribution in [0.15, 0.2) is 42.5 Å². The Bertz CT molecular complexity index is 976. The van der Waals surface area contributed by atoms with E-state index in [4.69, 9.17) is 16.3 Å². The molecular weight excluding hydrogens is 385 g/mol. The third kappa shape index (κ3) is 3.81. The third-order valence-electron chi connectivity index (χ3n) is 4.98. The molecule has 1 fully saturated rings. The predicted molar refractivity (Wildman–Crippen MR) is 103 cm³/mol. The Balaban J connectivity index is 1.67. The van der Waals surface area contributed by atoms with Crippen molar-refractivity contribution in [1.82, 2.24) is 14.9 Å². The van der Waals surface area contributed by atoms with Crippen molar-refractivity contribution < 1.29 is 19.0 Å². The lowest BCUT2D eigenvalue weighted by Gasteiger charge is -2.26. The number of imidazole rings is 1. The predicted octanol–water partition coefficient (Wildman–Crippen LogP) is 4.27. The molecule has 146 valence electrons. The number of benzene rings is 2. The molecule has 3 aromatic rings. The van der Waals surface area contributed by atoms with Gasteiger partial charge in [0.1, 0.15) is 11.6 Å². The molecule has 0 bridgehead atoms. The molecule has 2 N–H and O–H groups in total. The molecule has 2 atom stereocenters. The lowest BCUT2D eigenvalue weighted by molar-refractivity contribution is 0.0299. The largest absolute Gasteiger partial charge is 0.465 e. The van der Waals surface area contributed by atoms with Crippen molar-refractivity contribution in [3.8, 4) is 0 Å². The van der Waals surface area contributed by atoms with Crippen LogP contribution in [0.2, 0.25) is 5.02 Å². The monoisotopic (exact) mass is 403 g/mol. The number of rotatable bonds is 3. The molecule has 0 saturated carbocycles. The number of hydrogen-bond donors (Lipinski definition) is 2. The molecule has 0 spiro atoms. The van der Waals surface area contributed by atoms with Crippen LogP contribution < -0.4 is 0 Å². The van der Waals surface area contributed by atoms with Crippen LogP contribution in [0.4, 0.5) is 9.18 Å². The number of aromatic amines is 1. The topological polar surface area (TPSA) is 78.4 Å². The van der Waals surface area contributed by atoms with E-state index in [0.29, 0.717) is 12.0 Å². The van der Waals surface area contributed by atoms with Crippen LogP contribution in [0.3, 0.4) is 0 Å². The van der Waals surface area contributed by atoms with Gasteiger partial charge in [-0.25, -0.2) is 14.2 Å². The number of halogens is 2. The molecule has 1 amide bonds. The molecule has 1 saturated heterocycles. The van der Waals surface area contributed by atoms with Gasteiger partial charge >= 0.3 is 6.09 Å². The van der Waals surface area contributed by atoms with E-state index in [1.54, 1.807) is 6.07 Å². The Hall–Kier alpha value is -2.64. The molecule has 0 aliphatic carbocycles. The van der Waals surface area contributed by atoms with Crippen LogP contribution in [-0.4, -0.2) is 45.8 Å². The summed E-state index contributed by atoms with van der Waals surface area (Å²) < 4.78 is 20.0. The van der Waals surface area contributed by atoms with Gasteiger partial charge in [0.15, 0.2) is 0 Å². The summed E-state index contributed by atoms with van der Waals surface area (Å²) in [4.78, 5) is 20.8. The summed E-state index contributed by atoms with van der Waals surface area (Å²) in [5.41, 5.74) is 2.39. The van der Waals surface area contributed by atoms with Crippen molar-refractivity contribution in [3.05, 3.63) is 64.7 Å². The number of ether oxygens (including phenoxy) is 1. The fraction of sp³-hybridized carbons (Fsp3) is 0.300. The number of fused-ring (bicyclic) bond motifs is 1. The lowest BCUT2D eigenvalue weighted by Crippen LogP contribution is -2.35. The maximum Gasteiger partial charge on any atom is 0.407 e. The Morgan fingerprint density at radius 2 is 2.18 bits per heavy atom. The second-order valence-corrected chi connectivity index (χ2v) is 7.27. The number of para-hydroxylation sites is 2. The summed E-state index contributed by atoms with van der Waals surface area (Å²) in [5, 5.41) is 9.51. The first kappa shape index (κ1) is 18.7. The summed E-state index contributed by atoms with van der Waals surface area (Å²) in [6, 6.07) is 12.2. The van der Waals surface area contributed by atoms with E-state index < -0.39 is 18.0 Å². The minimum absolute atomic E-state index is 0.0402. The van der Waals surface area contributed by atoms with E-state index in [0.717, 1.165) is 16.9 Å². The molecular formula is C20H19ClFN3O3. The zero-order valence-electron chi connectivity index (χ0n) is 14.9. The molecule has 8 heteroatoms. The van der Waals surface area contributed by atoms with Gasteiger partial charge in [0, 0.05) is 25.4 Å². The second kappa shape index (κ2) is 7.77. The lowest BCUT2D eigenvalue weighted by atomic mass is 9.92. The summed E-state index contributed by atoms with van der Waals surface area (Å²) in [6.45, 7) is 0.762. The summed E-state index contributed by atoms with van der Waals surface area (Å²) in [5.74, 6) is -0.0224. The average molecular weight is 404 g/mol. The molecule has 1 aromatic heterocycles. The number of aromatic nitrogens is 2. The molecule has 4 rings (SSSR count). The van der Waals surface area contributed by atoms with Crippen molar-refractivity contribution in [2.24, 2.45) is 5.92 Å². The van der Waals surface area contributed by atoms with E-state index in [1.807, 2.05) is 24.3 Å². The summed E-state index contributed by atoms with van der Waals surface area (Å²) in [6.07, 6.45) is -1.00. The van der Waals surface area contributed by atoms with Gasteiger partial charge in [-0.3, -0.25) is 0 Å². The quantitative estimate of drug-likeness (QED) is 0.684. The van der Waals surface area contributed by atoms with Crippen molar-refractivity contribution in [2.45, 2.75) is 12.5 Å². The minimum Gasteiger partial charge on any atom is -0.465 e. The molecule has 6 nitrogen and oxygen atoms in total. The number of carbonyl (C=O) groups is 1. The van der Waals surface area contributed by atoms with Crippen LogP contribution in [0.1, 0.15) is 17.5 Å². The summed E-state index contributed by atoms with van der Waals surface area (Å²) in [7, 11) is 0. The maximum atomic E-state index is 14.0.